The van der Waals surface area contributed by atoms with Gasteiger partial charge in [-0.25, -0.2) is 0 Å². The lowest BCUT2D eigenvalue weighted by molar-refractivity contribution is 1.19. The lowest BCUT2D eigenvalue weighted by Gasteiger charge is -2.07. The van der Waals surface area contributed by atoms with Gasteiger partial charge in [-0.1, -0.05) is 6.07 Å². The second kappa shape index (κ2) is 4.23. The first-order valence-electron chi connectivity index (χ1n) is 4.67. The smallest absolute Gasteiger partial charge is 0.0568 e. The van der Waals surface area contributed by atoms with E-state index < -0.39 is 0 Å². The fraction of sp³-hybridized carbons (Fsp3) is 0.0909. The molecule has 2 aromatic rings. The van der Waals surface area contributed by atoms with Gasteiger partial charge in [0.05, 0.1) is 11.4 Å². The second-order valence-corrected chi connectivity index (χ2v) is 4.31. The molecule has 0 atom stereocenters. The zero-order chi connectivity index (χ0) is 10.7. The molecule has 1 aromatic heterocycles. The topological polar surface area (TPSA) is 64.1 Å². The van der Waals surface area contributed by atoms with E-state index in [-0.39, 0.29) is 0 Å². The first-order valence-corrected chi connectivity index (χ1v) is 5.55. The molecule has 0 fully saturated rings. The van der Waals surface area contributed by atoms with E-state index >= 15 is 0 Å². The molecule has 3 nitrogen and oxygen atoms in total. The fourth-order valence-corrected chi connectivity index (χ4v) is 1.93. The summed E-state index contributed by atoms with van der Waals surface area (Å²) in [6.07, 6.45) is 0. The maximum Gasteiger partial charge on any atom is 0.0568 e. The Labute approximate surface area is 92.7 Å². The van der Waals surface area contributed by atoms with Crippen molar-refractivity contribution in [2.75, 3.05) is 16.8 Å². The first kappa shape index (κ1) is 9.86. The van der Waals surface area contributed by atoms with Crippen LogP contribution in [0.4, 0.5) is 17.1 Å². The summed E-state index contributed by atoms with van der Waals surface area (Å²) >= 11 is 1.73. The van der Waals surface area contributed by atoms with E-state index in [0.717, 1.165) is 12.2 Å². The van der Waals surface area contributed by atoms with Gasteiger partial charge in [-0.15, -0.1) is 11.3 Å². The van der Waals surface area contributed by atoms with Crippen LogP contribution in [0.1, 0.15) is 4.88 Å². The van der Waals surface area contributed by atoms with Crippen LogP contribution in [0.3, 0.4) is 0 Å². The lowest BCUT2D eigenvalue weighted by Crippen LogP contribution is -2.00. The Morgan fingerprint density at radius 2 is 2.00 bits per heavy atom. The van der Waals surface area contributed by atoms with Crippen molar-refractivity contribution >= 4 is 28.4 Å². The van der Waals surface area contributed by atoms with Gasteiger partial charge in [-0.2, -0.15) is 0 Å². The van der Waals surface area contributed by atoms with E-state index in [1.807, 2.05) is 24.3 Å². The van der Waals surface area contributed by atoms with Crippen LogP contribution in [0.5, 0.6) is 0 Å². The monoisotopic (exact) mass is 219 g/mol. The summed E-state index contributed by atoms with van der Waals surface area (Å²) in [4.78, 5) is 1.30. The number of rotatable bonds is 3. The molecule has 4 heteroatoms. The van der Waals surface area contributed by atoms with E-state index in [4.69, 9.17) is 11.5 Å². The van der Waals surface area contributed by atoms with Gasteiger partial charge in [0.15, 0.2) is 0 Å². The van der Waals surface area contributed by atoms with Crippen LogP contribution >= 0.6 is 11.3 Å². The molecule has 1 heterocycles. The summed E-state index contributed by atoms with van der Waals surface area (Å²) in [5.74, 6) is 0. The quantitative estimate of drug-likeness (QED) is 0.695. The summed E-state index contributed by atoms with van der Waals surface area (Å²) in [5, 5.41) is 5.35. The van der Waals surface area contributed by atoms with Gasteiger partial charge in [-0.05, 0) is 29.6 Å². The number of thiophene rings is 1. The number of benzene rings is 1. The SMILES string of the molecule is Nc1ccc(NCc2cccs2)cc1N. The third-order valence-corrected chi connectivity index (χ3v) is 3.01. The van der Waals surface area contributed by atoms with Gasteiger partial charge < -0.3 is 16.8 Å². The zero-order valence-electron chi connectivity index (χ0n) is 8.23. The van der Waals surface area contributed by atoms with E-state index in [9.17, 15) is 0 Å². The van der Waals surface area contributed by atoms with E-state index in [1.165, 1.54) is 4.88 Å². The summed E-state index contributed by atoms with van der Waals surface area (Å²) in [6, 6.07) is 9.73. The Hall–Kier alpha value is -1.68. The van der Waals surface area contributed by atoms with Crippen LogP contribution in [-0.2, 0) is 6.54 Å². The predicted octanol–water partition coefficient (Wildman–Crippen LogP) is 2.52. The number of hydrogen-bond acceptors (Lipinski definition) is 4. The lowest BCUT2D eigenvalue weighted by atomic mass is 10.2. The molecule has 0 saturated heterocycles. The minimum absolute atomic E-state index is 0.617. The number of nitrogens with two attached hydrogens (primary N) is 2. The molecule has 1 aromatic carbocycles. The third-order valence-electron chi connectivity index (χ3n) is 2.13. The molecule has 0 radical (unpaired) electrons. The van der Waals surface area contributed by atoms with Crippen molar-refractivity contribution < 1.29 is 0 Å². The van der Waals surface area contributed by atoms with Crippen molar-refractivity contribution in [3.8, 4) is 0 Å². The fourth-order valence-electron chi connectivity index (χ4n) is 1.29. The number of anilines is 3. The Bertz CT molecular complexity index is 437. The molecule has 0 saturated carbocycles. The second-order valence-electron chi connectivity index (χ2n) is 3.28. The summed E-state index contributed by atoms with van der Waals surface area (Å²) in [7, 11) is 0. The molecule has 0 aliphatic heterocycles. The summed E-state index contributed by atoms with van der Waals surface area (Å²) in [5.41, 5.74) is 13.6. The average molecular weight is 219 g/mol. The average Bonchev–Trinajstić information content (AvgIpc) is 2.73. The van der Waals surface area contributed by atoms with Crippen molar-refractivity contribution in [2.24, 2.45) is 0 Å². The molecule has 0 unspecified atom stereocenters. The largest absolute Gasteiger partial charge is 0.397 e. The van der Waals surface area contributed by atoms with E-state index in [0.29, 0.717) is 11.4 Å². The van der Waals surface area contributed by atoms with Crippen LogP contribution in [0.25, 0.3) is 0 Å². The van der Waals surface area contributed by atoms with E-state index in [2.05, 4.69) is 16.8 Å². The number of nitrogen functional groups attached to an aromatic ring is 2. The highest BCUT2D eigenvalue weighted by Gasteiger charge is 1.97. The van der Waals surface area contributed by atoms with Gasteiger partial charge in [0.2, 0.25) is 0 Å². The van der Waals surface area contributed by atoms with Crippen LogP contribution in [0.15, 0.2) is 35.7 Å². The Morgan fingerprint density at radius 3 is 2.67 bits per heavy atom. The Balaban J connectivity index is 2.02. The molecule has 78 valence electrons. The summed E-state index contributed by atoms with van der Waals surface area (Å²) < 4.78 is 0. The molecule has 0 bridgehead atoms. The van der Waals surface area contributed by atoms with Gasteiger partial charge in [-0.3, -0.25) is 0 Å². The minimum atomic E-state index is 0.617. The molecule has 0 aliphatic carbocycles. The number of hydrogen-bond donors (Lipinski definition) is 3. The zero-order valence-corrected chi connectivity index (χ0v) is 9.05. The standard InChI is InChI=1S/C11H13N3S/c12-10-4-3-8(6-11(10)13)14-7-9-2-1-5-15-9/h1-6,14H,7,12-13H2. The minimum Gasteiger partial charge on any atom is -0.397 e. The molecule has 0 aliphatic rings. The maximum atomic E-state index is 5.71. The predicted molar refractivity (Wildman–Crippen MR) is 66.9 cm³/mol. The van der Waals surface area contributed by atoms with E-state index in [1.54, 1.807) is 11.3 Å². The molecular formula is C11H13N3S. The van der Waals surface area contributed by atoms with Crippen LogP contribution in [0.2, 0.25) is 0 Å². The molecule has 15 heavy (non-hydrogen) atoms. The first-order chi connectivity index (χ1) is 7.25. The number of nitrogens with one attached hydrogen (secondary N) is 1. The van der Waals surface area contributed by atoms with Crippen molar-refractivity contribution in [2.45, 2.75) is 6.54 Å². The highest BCUT2D eigenvalue weighted by Crippen LogP contribution is 2.20. The van der Waals surface area contributed by atoms with Crippen LogP contribution < -0.4 is 16.8 Å². The Kier molecular flexibility index (Phi) is 2.78. The van der Waals surface area contributed by atoms with Crippen molar-refractivity contribution in [1.82, 2.24) is 0 Å². The Morgan fingerprint density at radius 1 is 1.13 bits per heavy atom. The van der Waals surface area contributed by atoms with Gasteiger partial charge in [0.1, 0.15) is 0 Å². The molecule has 2 rings (SSSR count). The van der Waals surface area contributed by atoms with Crippen molar-refractivity contribution in [3.63, 3.8) is 0 Å². The highest BCUT2D eigenvalue weighted by molar-refractivity contribution is 7.09. The van der Waals surface area contributed by atoms with Crippen molar-refractivity contribution in [3.05, 3.63) is 40.6 Å². The van der Waals surface area contributed by atoms with Gasteiger partial charge in [0, 0.05) is 17.1 Å². The van der Waals surface area contributed by atoms with Crippen LogP contribution in [-0.4, -0.2) is 0 Å². The van der Waals surface area contributed by atoms with Crippen LogP contribution in [0, 0.1) is 0 Å². The molecule has 0 spiro atoms. The molecule has 5 N–H and O–H groups in total. The highest BCUT2D eigenvalue weighted by atomic mass is 32.1. The molecular weight excluding hydrogens is 206 g/mol. The normalized spacial score (nSPS) is 10.1. The maximum absolute atomic E-state index is 5.71. The molecule has 0 amide bonds. The third kappa shape index (κ3) is 2.41. The van der Waals surface area contributed by atoms with Crippen molar-refractivity contribution in [1.29, 1.82) is 0 Å². The van der Waals surface area contributed by atoms with Gasteiger partial charge in [0.25, 0.3) is 0 Å². The summed E-state index contributed by atoms with van der Waals surface area (Å²) in [6.45, 7) is 0.820. The van der Waals surface area contributed by atoms with Gasteiger partial charge >= 0.3 is 0 Å².